The van der Waals surface area contributed by atoms with Crippen molar-refractivity contribution >= 4 is 17.6 Å². The second-order valence-electron chi connectivity index (χ2n) is 7.20. The van der Waals surface area contributed by atoms with Crippen LogP contribution >= 0.6 is 0 Å². The van der Waals surface area contributed by atoms with E-state index in [-0.39, 0.29) is 5.91 Å². The van der Waals surface area contributed by atoms with Crippen molar-refractivity contribution < 1.29 is 14.3 Å². The van der Waals surface area contributed by atoms with Gasteiger partial charge < -0.3 is 25.0 Å². The molecule has 154 valence electrons. The third-order valence-electron chi connectivity index (χ3n) is 5.14. The number of hydrogen-bond donors (Lipinski definition) is 2. The zero-order valence-corrected chi connectivity index (χ0v) is 16.8. The molecular formula is C21H32N4O3. The normalized spacial score (nSPS) is 18.5. The number of aliphatic imine (C=N–C) groups is 1. The number of nitrogens with one attached hydrogen (secondary N) is 2. The molecule has 1 amide bonds. The van der Waals surface area contributed by atoms with E-state index in [0.29, 0.717) is 19.1 Å². The zero-order valence-electron chi connectivity index (χ0n) is 16.8. The Hall–Kier alpha value is -2.12. The van der Waals surface area contributed by atoms with Gasteiger partial charge in [0, 0.05) is 58.6 Å². The molecule has 0 saturated carbocycles. The Kier molecular flexibility index (Phi) is 8.11. The second-order valence-corrected chi connectivity index (χ2v) is 7.20. The van der Waals surface area contributed by atoms with Crippen LogP contribution < -0.4 is 15.5 Å². The average molecular weight is 389 g/mol. The van der Waals surface area contributed by atoms with Crippen LogP contribution in [0.2, 0.25) is 0 Å². The molecule has 3 rings (SSSR count). The van der Waals surface area contributed by atoms with Crippen molar-refractivity contribution in [2.75, 3.05) is 44.9 Å². The van der Waals surface area contributed by atoms with E-state index in [1.165, 1.54) is 0 Å². The first kappa shape index (κ1) is 20.6. The molecule has 2 aliphatic heterocycles. The maximum absolute atomic E-state index is 11.8. The lowest BCUT2D eigenvalue weighted by Gasteiger charge is -2.22. The largest absolute Gasteiger partial charge is 0.381 e. The van der Waals surface area contributed by atoms with Crippen LogP contribution in [0.3, 0.4) is 0 Å². The topological polar surface area (TPSA) is 75.2 Å². The highest BCUT2D eigenvalue weighted by Crippen LogP contribution is 2.21. The molecule has 2 saturated heterocycles. The lowest BCUT2D eigenvalue weighted by molar-refractivity contribution is -0.117. The van der Waals surface area contributed by atoms with Gasteiger partial charge in [-0.25, -0.2) is 0 Å². The standard InChI is InChI=1S/C21H32N4O3/c1-22-21(23-11-3-13-28-19-9-14-27-15-10-19)24-16-17-5-7-18(8-6-17)25-12-2-4-20(25)26/h5-8,19H,2-4,9-16H2,1H3,(H2,22,23,24). The summed E-state index contributed by atoms with van der Waals surface area (Å²) in [5.74, 6) is 1.00. The molecule has 0 atom stereocenters. The molecule has 0 aromatic heterocycles. The van der Waals surface area contributed by atoms with Gasteiger partial charge in [0.05, 0.1) is 6.10 Å². The first-order valence-corrected chi connectivity index (χ1v) is 10.3. The quantitative estimate of drug-likeness (QED) is 0.405. The summed E-state index contributed by atoms with van der Waals surface area (Å²) in [6, 6.07) is 8.15. The van der Waals surface area contributed by atoms with Crippen molar-refractivity contribution in [3.05, 3.63) is 29.8 Å². The molecule has 0 bridgehead atoms. The Morgan fingerprint density at radius 3 is 2.71 bits per heavy atom. The van der Waals surface area contributed by atoms with Crippen molar-refractivity contribution in [3.63, 3.8) is 0 Å². The molecule has 2 fully saturated rings. The molecule has 7 nitrogen and oxygen atoms in total. The van der Waals surface area contributed by atoms with Crippen LogP contribution in [0, 0.1) is 0 Å². The van der Waals surface area contributed by atoms with Crippen molar-refractivity contribution in [2.45, 2.75) is 44.8 Å². The van der Waals surface area contributed by atoms with E-state index in [1.807, 2.05) is 17.0 Å². The first-order chi connectivity index (χ1) is 13.8. The summed E-state index contributed by atoms with van der Waals surface area (Å²) in [7, 11) is 1.77. The average Bonchev–Trinajstić information content (AvgIpc) is 3.17. The van der Waals surface area contributed by atoms with Crippen LogP contribution in [-0.4, -0.2) is 57.9 Å². The van der Waals surface area contributed by atoms with E-state index < -0.39 is 0 Å². The zero-order chi connectivity index (χ0) is 19.6. The highest BCUT2D eigenvalue weighted by molar-refractivity contribution is 5.95. The molecule has 0 unspecified atom stereocenters. The summed E-state index contributed by atoms with van der Waals surface area (Å²) in [4.78, 5) is 18.0. The number of anilines is 1. The minimum absolute atomic E-state index is 0.219. The van der Waals surface area contributed by atoms with E-state index in [1.54, 1.807) is 7.05 Å². The Morgan fingerprint density at radius 2 is 2.04 bits per heavy atom. The predicted octanol–water partition coefficient (Wildman–Crippen LogP) is 2.06. The van der Waals surface area contributed by atoms with Gasteiger partial charge in [0.25, 0.3) is 0 Å². The van der Waals surface area contributed by atoms with Gasteiger partial charge in [0.15, 0.2) is 5.96 Å². The van der Waals surface area contributed by atoms with Gasteiger partial charge in [-0.3, -0.25) is 9.79 Å². The van der Waals surface area contributed by atoms with Crippen molar-refractivity contribution in [1.82, 2.24) is 10.6 Å². The maximum atomic E-state index is 11.8. The SMILES string of the molecule is CN=C(NCCCOC1CCOCC1)NCc1ccc(N2CCCC2=O)cc1. The van der Waals surface area contributed by atoms with Crippen LogP contribution in [0.25, 0.3) is 0 Å². The molecule has 0 aliphatic carbocycles. The molecule has 2 aliphatic rings. The number of amides is 1. The monoisotopic (exact) mass is 388 g/mol. The van der Waals surface area contributed by atoms with Gasteiger partial charge in [0.2, 0.25) is 5.91 Å². The maximum Gasteiger partial charge on any atom is 0.227 e. The van der Waals surface area contributed by atoms with E-state index in [4.69, 9.17) is 9.47 Å². The summed E-state index contributed by atoms with van der Waals surface area (Å²) in [5.41, 5.74) is 2.14. The minimum Gasteiger partial charge on any atom is -0.381 e. The summed E-state index contributed by atoms with van der Waals surface area (Å²) in [6.45, 7) is 4.71. The third-order valence-corrected chi connectivity index (χ3v) is 5.14. The Balaban J connectivity index is 1.32. The molecule has 1 aromatic carbocycles. The third kappa shape index (κ3) is 6.21. The molecule has 0 radical (unpaired) electrons. The second kappa shape index (κ2) is 11.0. The molecule has 1 aromatic rings. The number of carbonyl (C=O) groups excluding carboxylic acids is 1. The van der Waals surface area contributed by atoms with E-state index in [2.05, 4.69) is 27.8 Å². The van der Waals surface area contributed by atoms with Crippen LogP contribution in [0.5, 0.6) is 0 Å². The number of nitrogens with zero attached hydrogens (tertiary/aromatic N) is 2. The summed E-state index contributed by atoms with van der Waals surface area (Å²) in [6.07, 6.45) is 4.90. The predicted molar refractivity (Wildman–Crippen MR) is 111 cm³/mol. The summed E-state index contributed by atoms with van der Waals surface area (Å²) < 4.78 is 11.2. The fourth-order valence-corrected chi connectivity index (χ4v) is 3.49. The van der Waals surface area contributed by atoms with Gasteiger partial charge in [-0.05, 0) is 43.4 Å². The Labute approximate surface area is 167 Å². The van der Waals surface area contributed by atoms with Crippen LogP contribution in [0.15, 0.2) is 29.3 Å². The fraction of sp³-hybridized carbons (Fsp3) is 0.619. The number of hydrogen-bond acceptors (Lipinski definition) is 4. The number of carbonyl (C=O) groups is 1. The number of ether oxygens (including phenoxy) is 2. The number of benzene rings is 1. The van der Waals surface area contributed by atoms with E-state index >= 15 is 0 Å². The van der Waals surface area contributed by atoms with E-state index in [0.717, 1.165) is 75.8 Å². The first-order valence-electron chi connectivity index (χ1n) is 10.3. The van der Waals surface area contributed by atoms with Gasteiger partial charge in [-0.1, -0.05) is 12.1 Å². The highest BCUT2D eigenvalue weighted by atomic mass is 16.5. The molecule has 2 N–H and O–H groups in total. The van der Waals surface area contributed by atoms with Gasteiger partial charge in [-0.2, -0.15) is 0 Å². The molecular weight excluding hydrogens is 356 g/mol. The van der Waals surface area contributed by atoms with Crippen molar-refractivity contribution in [1.29, 1.82) is 0 Å². The lowest BCUT2D eigenvalue weighted by atomic mass is 10.1. The number of rotatable bonds is 8. The molecule has 2 heterocycles. The summed E-state index contributed by atoms with van der Waals surface area (Å²) >= 11 is 0. The Bertz CT molecular complexity index is 642. The number of guanidine groups is 1. The smallest absolute Gasteiger partial charge is 0.227 e. The van der Waals surface area contributed by atoms with E-state index in [9.17, 15) is 4.79 Å². The van der Waals surface area contributed by atoms with Crippen LogP contribution in [0.4, 0.5) is 5.69 Å². The van der Waals surface area contributed by atoms with Gasteiger partial charge in [0.1, 0.15) is 0 Å². The summed E-state index contributed by atoms with van der Waals surface area (Å²) in [5, 5.41) is 6.65. The van der Waals surface area contributed by atoms with Crippen molar-refractivity contribution in [2.24, 2.45) is 4.99 Å². The van der Waals surface area contributed by atoms with Crippen LogP contribution in [0.1, 0.15) is 37.7 Å². The minimum atomic E-state index is 0.219. The van der Waals surface area contributed by atoms with Crippen molar-refractivity contribution in [3.8, 4) is 0 Å². The molecule has 28 heavy (non-hydrogen) atoms. The molecule has 0 spiro atoms. The Morgan fingerprint density at radius 1 is 1.25 bits per heavy atom. The van der Waals surface area contributed by atoms with Gasteiger partial charge >= 0.3 is 0 Å². The highest BCUT2D eigenvalue weighted by Gasteiger charge is 2.21. The fourth-order valence-electron chi connectivity index (χ4n) is 3.49. The molecule has 7 heteroatoms. The van der Waals surface area contributed by atoms with Crippen LogP contribution in [-0.2, 0) is 20.8 Å². The lowest BCUT2D eigenvalue weighted by Crippen LogP contribution is -2.37. The van der Waals surface area contributed by atoms with Gasteiger partial charge in [-0.15, -0.1) is 0 Å².